The zero-order valence-corrected chi connectivity index (χ0v) is 18.3. The highest BCUT2D eigenvalue weighted by Gasteiger charge is 2.23. The predicted molar refractivity (Wildman–Crippen MR) is 124 cm³/mol. The van der Waals surface area contributed by atoms with Gasteiger partial charge in [-0.3, -0.25) is 4.79 Å². The van der Waals surface area contributed by atoms with Crippen LogP contribution in [-0.4, -0.2) is 60.7 Å². The van der Waals surface area contributed by atoms with Gasteiger partial charge in [0.2, 0.25) is 5.95 Å². The number of aromatic nitrogens is 2. The van der Waals surface area contributed by atoms with E-state index < -0.39 is 0 Å². The number of anilines is 3. The van der Waals surface area contributed by atoms with Crippen molar-refractivity contribution >= 4 is 23.4 Å². The van der Waals surface area contributed by atoms with Crippen LogP contribution in [-0.2, 0) is 4.79 Å². The van der Waals surface area contributed by atoms with Gasteiger partial charge >= 0.3 is 0 Å². The molecule has 0 bridgehead atoms. The second-order valence-corrected chi connectivity index (χ2v) is 7.52. The first-order valence-corrected chi connectivity index (χ1v) is 10.6. The van der Waals surface area contributed by atoms with Crippen LogP contribution in [0.5, 0.6) is 11.5 Å². The van der Waals surface area contributed by atoms with E-state index in [0.717, 1.165) is 22.9 Å². The molecule has 166 valence electrons. The van der Waals surface area contributed by atoms with Gasteiger partial charge in [-0.15, -0.1) is 0 Å². The van der Waals surface area contributed by atoms with E-state index in [2.05, 4.69) is 20.2 Å². The maximum atomic E-state index is 12.5. The standard InChI is InChI=1S/C24H27N5O3/c1-18-16-22(26-19-8-10-20(31-2)11-9-19)27-24(25-18)29-14-12-28(13-15-29)23(30)17-32-21-6-4-3-5-7-21/h3-11,16H,12-15,17H2,1-2H3,(H,25,26,27). The molecule has 8 heteroatoms. The molecule has 1 aliphatic heterocycles. The summed E-state index contributed by atoms with van der Waals surface area (Å²) in [6.07, 6.45) is 0. The Morgan fingerprint density at radius 3 is 2.38 bits per heavy atom. The van der Waals surface area contributed by atoms with Crippen LogP contribution < -0.4 is 19.7 Å². The Bertz CT molecular complexity index is 1040. The van der Waals surface area contributed by atoms with Crippen molar-refractivity contribution < 1.29 is 14.3 Å². The van der Waals surface area contributed by atoms with Crippen molar-refractivity contribution in [1.82, 2.24) is 14.9 Å². The summed E-state index contributed by atoms with van der Waals surface area (Å²) in [5.74, 6) is 2.88. The molecule has 1 N–H and O–H groups in total. The fourth-order valence-corrected chi connectivity index (χ4v) is 3.49. The van der Waals surface area contributed by atoms with Gasteiger partial charge in [0.25, 0.3) is 5.91 Å². The third-order valence-electron chi connectivity index (χ3n) is 5.23. The summed E-state index contributed by atoms with van der Waals surface area (Å²) in [7, 11) is 1.64. The molecular weight excluding hydrogens is 406 g/mol. The SMILES string of the molecule is COc1ccc(Nc2cc(C)nc(N3CCN(C(=O)COc4ccccc4)CC3)n2)cc1. The van der Waals surface area contributed by atoms with Gasteiger partial charge in [-0.25, -0.2) is 4.98 Å². The molecule has 1 fully saturated rings. The van der Waals surface area contributed by atoms with Gasteiger partial charge in [-0.05, 0) is 43.3 Å². The summed E-state index contributed by atoms with van der Waals surface area (Å²) < 4.78 is 10.8. The highest BCUT2D eigenvalue weighted by molar-refractivity contribution is 5.78. The van der Waals surface area contributed by atoms with Crippen molar-refractivity contribution in [2.24, 2.45) is 0 Å². The van der Waals surface area contributed by atoms with Gasteiger partial charge in [0.15, 0.2) is 6.61 Å². The number of rotatable bonds is 7. The first-order valence-electron chi connectivity index (χ1n) is 10.6. The summed E-state index contributed by atoms with van der Waals surface area (Å²) in [5, 5.41) is 3.32. The first kappa shape index (κ1) is 21.4. The summed E-state index contributed by atoms with van der Waals surface area (Å²) >= 11 is 0. The zero-order valence-electron chi connectivity index (χ0n) is 18.3. The topological polar surface area (TPSA) is 79.8 Å². The quantitative estimate of drug-likeness (QED) is 0.613. The molecule has 3 aromatic rings. The molecule has 1 amide bonds. The lowest BCUT2D eigenvalue weighted by Gasteiger charge is -2.34. The summed E-state index contributed by atoms with van der Waals surface area (Å²) in [6.45, 7) is 4.54. The van der Waals surface area contributed by atoms with E-state index >= 15 is 0 Å². The Morgan fingerprint density at radius 1 is 0.969 bits per heavy atom. The lowest BCUT2D eigenvalue weighted by atomic mass is 10.3. The van der Waals surface area contributed by atoms with E-state index in [1.54, 1.807) is 7.11 Å². The maximum Gasteiger partial charge on any atom is 0.260 e. The van der Waals surface area contributed by atoms with Crippen LogP contribution in [0, 0.1) is 6.92 Å². The van der Waals surface area contributed by atoms with Crippen molar-refractivity contribution in [2.45, 2.75) is 6.92 Å². The normalized spacial score (nSPS) is 13.6. The van der Waals surface area contributed by atoms with Gasteiger partial charge < -0.3 is 24.6 Å². The molecule has 2 heterocycles. The number of amides is 1. The number of carbonyl (C=O) groups is 1. The average Bonchev–Trinajstić information content (AvgIpc) is 2.83. The second kappa shape index (κ2) is 10.00. The number of benzene rings is 2. The van der Waals surface area contributed by atoms with Crippen LogP contribution in [0.3, 0.4) is 0 Å². The molecule has 0 saturated carbocycles. The number of hydrogen-bond acceptors (Lipinski definition) is 7. The number of nitrogens with zero attached hydrogens (tertiary/aromatic N) is 4. The smallest absolute Gasteiger partial charge is 0.260 e. The number of para-hydroxylation sites is 1. The van der Waals surface area contributed by atoms with E-state index in [-0.39, 0.29) is 12.5 Å². The molecule has 1 aliphatic rings. The third-order valence-corrected chi connectivity index (χ3v) is 5.23. The fraction of sp³-hybridized carbons (Fsp3) is 0.292. The first-order chi connectivity index (χ1) is 15.6. The number of methoxy groups -OCH3 is 1. The molecule has 0 atom stereocenters. The number of aryl methyl sites for hydroxylation is 1. The van der Waals surface area contributed by atoms with Crippen LogP contribution in [0.4, 0.5) is 17.5 Å². The van der Waals surface area contributed by atoms with Crippen LogP contribution in [0.15, 0.2) is 60.7 Å². The van der Waals surface area contributed by atoms with Crippen LogP contribution in [0.25, 0.3) is 0 Å². The van der Waals surface area contributed by atoms with Crippen LogP contribution >= 0.6 is 0 Å². The zero-order chi connectivity index (χ0) is 22.3. The maximum absolute atomic E-state index is 12.5. The van der Waals surface area contributed by atoms with Crippen LogP contribution in [0.2, 0.25) is 0 Å². The van der Waals surface area contributed by atoms with Gasteiger partial charge in [0, 0.05) is 43.6 Å². The number of carbonyl (C=O) groups excluding carboxylic acids is 1. The van der Waals surface area contributed by atoms with Gasteiger partial charge in [-0.1, -0.05) is 18.2 Å². The number of nitrogens with one attached hydrogen (secondary N) is 1. The molecule has 0 radical (unpaired) electrons. The van der Waals surface area contributed by atoms with Crippen molar-refractivity contribution in [2.75, 3.05) is 50.1 Å². The Morgan fingerprint density at radius 2 is 1.69 bits per heavy atom. The van der Waals surface area contributed by atoms with Crippen molar-refractivity contribution in [3.63, 3.8) is 0 Å². The van der Waals surface area contributed by atoms with Crippen molar-refractivity contribution in [3.05, 3.63) is 66.4 Å². The Balaban J connectivity index is 1.34. The molecule has 1 aromatic heterocycles. The Kier molecular flexibility index (Phi) is 6.69. The van der Waals surface area contributed by atoms with E-state index in [0.29, 0.717) is 37.9 Å². The average molecular weight is 434 g/mol. The second-order valence-electron chi connectivity index (χ2n) is 7.52. The number of ether oxygens (including phenoxy) is 2. The molecular formula is C24H27N5O3. The third kappa shape index (κ3) is 5.46. The molecule has 32 heavy (non-hydrogen) atoms. The monoisotopic (exact) mass is 433 g/mol. The largest absolute Gasteiger partial charge is 0.497 e. The van der Waals surface area contributed by atoms with E-state index in [9.17, 15) is 4.79 Å². The van der Waals surface area contributed by atoms with Gasteiger partial charge in [0.05, 0.1) is 7.11 Å². The van der Waals surface area contributed by atoms with E-state index in [1.807, 2.05) is 72.5 Å². The Hall–Kier alpha value is -3.81. The minimum atomic E-state index is -0.0134. The molecule has 4 rings (SSSR count). The fourth-order valence-electron chi connectivity index (χ4n) is 3.49. The van der Waals surface area contributed by atoms with E-state index in [1.165, 1.54) is 0 Å². The van der Waals surface area contributed by atoms with Gasteiger partial charge in [-0.2, -0.15) is 4.98 Å². The highest BCUT2D eigenvalue weighted by Crippen LogP contribution is 2.21. The molecule has 8 nitrogen and oxygen atoms in total. The van der Waals surface area contributed by atoms with Crippen molar-refractivity contribution in [3.8, 4) is 11.5 Å². The molecule has 0 unspecified atom stereocenters. The minimum absolute atomic E-state index is 0.0134. The summed E-state index contributed by atoms with van der Waals surface area (Å²) in [6, 6.07) is 19.0. The highest BCUT2D eigenvalue weighted by atomic mass is 16.5. The lowest BCUT2D eigenvalue weighted by Crippen LogP contribution is -2.50. The molecule has 2 aromatic carbocycles. The summed E-state index contributed by atoms with van der Waals surface area (Å²) in [5.41, 5.74) is 1.80. The van der Waals surface area contributed by atoms with Crippen molar-refractivity contribution in [1.29, 1.82) is 0 Å². The number of piperazine rings is 1. The van der Waals surface area contributed by atoms with Crippen LogP contribution in [0.1, 0.15) is 5.69 Å². The van der Waals surface area contributed by atoms with Gasteiger partial charge in [0.1, 0.15) is 17.3 Å². The summed E-state index contributed by atoms with van der Waals surface area (Å²) in [4.78, 5) is 25.7. The van der Waals surface area contributed by atoms with E-state index in [4.69, 9.17) is 9.47 Å². The Labute approximate surface area is 187 Å². The molecule has 0 aliphatic carbocycles. The molecule has 1 saturated heterocycles. The molecule has 0 spiro atoms. The minimum Gasteiger partial charge on any atom is -0.497 e. The predicted octanol–water partition coefficient (Wildman–Crippen LogP) is 3.26. The number of hydrogen-bond donors (Lipinski definition) is 1. The lowest BCUT2D eigenvalue weighted by molar-refractivity contribution is -0.133.